The van der Waals surface area contributed by atoms with Gasteiger partial charge in [-0.25, -0.2) is 0 Å². The zero-order chi connectivity index (χ0) is 14.9. The van der Waals surface area contributed by atoms with Gasteiger partial charge in [-0.05, 0) is 33.1 Å². The molecule has 0 bridgehead atoms. The van der Waals surface area contributed by atoms with Crippen LogP contribution in [0.1, 0.15) is 47.5 Å². The summed E-state index contributed by atoms with van der Waals surface area (Å²) in [6.07, 6.45) is 0.513. The monoisotopic (exact) mass is 268 g/mol. The summed E-state index contributed by atoms with van der Waals surface area (Å²) >= 11 is 0. The third kappa shape index (κ3) is 4.94. The van der Waals surface area contributed by atoms with Crippen molar-refractivity contribution in [1.29, 1.82) is 0 Å². The summed E-state index contributed by atoms with van der Waals surface area (Å²) in [5, 5.41) is 0. The fourth-order valence-electron chi connectivity index (χ4n) is 1.94. The Morgan fingerprint density at radius 1 is 1.11 bits per heavy atom. The van der Waals surface area contributed by atoms with E-state index >= 15 is 0 Å². The average molecular weight is 268 g/mol. The summed E-state index contributed by atoms with van der Waals surface area (Å²) in [4.78, 5) is 24.5. The third-order valence-electron chi connectivity index (χ3n) is 2.66. The van der Waals surface area contributed by atoms with Crippen LogP contribution in [0, 0.1) is 23.2 Å². The predicted octanol–water partition coefficient (Wildman–Crippen LogP) is 2.56. The largest absolute Gasteiger partial charge is 0.465 e. The van der Waals surface area contributed by atoms with Crippen molar-refractivity contribution < 1.29 is 19.1 Å². The van der Waals surface area contributed by atoms with Crippen LogP contribution in [-0.2, 0) is 19.1 Å². The second-order valence-electron chi connectivity index (χ2n) is 4.72. The Morgan fingerprint density at radius 3 is 1.89 bits per heavy atom. The average Bonchev–Trinajstić information content (AvgIpc) is 2.34. The predicted molar refractivity (Wildman–Crippen MR) is 73.2 cm³/mol. The molecule has 0 saturated heterocycles. The zero-order valence-corrected chi connectivity index (χ0v) is 12.5. The highest BCUT2D eigenvalue weighted by atomic mass is 16.6. The molecule has 0 aliphatic carbocycles. The first-order valence-electron chi connectivity index (χ1n) is 6.68. The van der Waals surface area contributed by atoms with Crippen molar-refractivity contribution in [2.24, 2.45) is 11.3 Å². The van der Waals surface area contributed by atoms with Crippen molar-refractivity contribution in [3.63, 3.8) is 0 Å². The first-order valence-corrected chi connectivity index (χ1v) is 6.68. The minimum absolute atomic E-state index is 0.138. The molecule has 108 valence electrons. The van der Waals surface area contributed by atoms with E-state index in [0.717, 1.165) is 0 Å². The summed E-state index contributed by atoms with van der Waals surface area (Å²) in [6.45, 7) is 9.48. The molecule has 0 heterocycles. The van der Waals surface area contributed by atoms with Crippen molar-refractivity contribution in [2.45, 2.75) is 47.5 Å². The molecule has 0 atom stereocenters. The van der Waals surface area contributed by atoms with Crippen LogP contribution in [0.5, 0.6) is 0 Å². The lowest BCUT2D eigenvalue weighted by atomic mass is 9.77. The first-order chi connectivity index (χ1) is 8.94. The van der Waals surface area contributed by atoms with E-state index in [1.807, 2.05) is 13.8 Å². The number of carbonyl (C=O) groups excluding carboxylic acids is 2. The van der Waals surface area contributed by atoms with Gasteiger partial charge in [0.25, 0.3) is 0 Å². The normalized spacial score (nSPS) is 10.6. The van der Waals surface area contributed by atoms with Gasteiger partial charge in [-0.3, -0.25) is 9.59 Å². The molecule has 0 unspecified atom stereocenters. The highest BCUT2D eigenvalue weighted by Crippen LogP contribution is 2.33. The molecule has 0 aliphatic rings. The Hall–Kier alpha value is -1.50. The molecule has 0 rings (SSSR count). The molecule has 4 heteroatoms. The van der Waals surface area contributed by atoms with E-state index in [-0.39, 0.29) is 25.6 Å². The molecule has 0 radical (unpaired) electrons. The first kappa shape index (κ1) is 17.5. The molecule has 0 saturated carbocycles. The SMILES string of the molecule is CC#CCC(CC(C)C)(C(=O)OCC)C(=O)OCC. The molecule has 0 amide bonds. The Morgan fingerprint density at radius 2 is 1.58 bits per heavy atom. The molecule has 4 nitrogen and oxygen atoms in total. The van der Waals surface area contributed by atoms with Crippen LogP contribution >= 0.6 is 0 Å². The fraction of sp³-hybridized carbons (Fsp3) is 0.733. The molecular weight excluding hydrogens is 244 g/mol. The molecule has 0 fully saturated rings. The van der Waals surface area contributed by atoms with Gasteiger partial charge in [-0.15, -0.1) is 11.8 Å². The lowest BCUT2D eigenvalue weighted by molar-refractivity contribution is -0.173. The molecular formula is C15H24O4. The second kappa shape index (κ2) is 8.58. The smallest absolute Gasteiger partial charge is 0.324 e. The summed E-state index contributed by atoms with van der Waals surface area (Å²) < 4.78 is 10.1. The van der Waals surface area contributed by atoms with Crippen LogP contribution in [-0.4, -0.2) is 25.2 Å². The standard InChI is InChI=1S/C15H24O4/c1-6-9-10-15(11-12(4)5,13(16)18-7-2)14(17)19-8-3/h12H,7-8,10-11H2,1-5H3. The topological polar surface area (TPSA) is 52.6 Å². The Kier molecular flexibility index (Phi) is 7.90. The quantitative estimate of drug-likeness (QED) is 0.404. The lowest BCUT2D eigenvalue weighted by Crippen LogP contribution is -2.43. The summed E-state index contributed by atoms with van der Waals surface area (Å²) in [7, 11) is 0. The number of hydrogen-bond acceptors (Lipinski definition) is 4. The van der Waals surface area contributed by atoms with Crippen molar-refractivity contribution >= 4 is 11.9 Å². The van der Waals surface area contributed by atoms with Gasteiger partial charge < -0.3 is 9.47 Å². The maximum absolute atomic E-state index is 12.2. The van der Waals surface area contributed by atoms with Crippen molar-refractivity contribution in [2.75, 3.05) is 13.2 Å². The van der Waals surface area contributed by atoms with Crippen LogP contribution in [0.4, 0.5) is 0 Å². The Bertz CT molecular complexity index is 342. The van der Waals surface area contributed by atoms with Crippen LogP contribution in [0.25, 0.3) is 0 Å². The molecule has 0 aromatic rings. The molecule has 0 aliphatic heterocycles. The Labute approximate surface area is 115 Å². The second-order valence-corrected chi connectivity index (χ2v) is 4.72. The fourth-order valence-corrected chi connectivity index (χ4v) is 1.94. The number of carbonyl (C=O) groups is 2. The summed E-state index contributed by atoms with van der Waals surface area (Å²) in [6, 6.07) is 0. The molecule has 0 aromatic carbocycles. The van der Waals surface area contributed by atoms with Gasteiger partial charge in [0, 0.05) is 6.42 Å². The van der Waals surface area contributed by atoms with Crippen molar-refractivity contribution in [1.82, 2.24) is 0 Å². The summed E-state index contributed by atoms with van der Waals surface area (Å²) in [5.41, 5.74) is -1.30. The van der Waals surface area contributed by atoms with E-state index in [0.29, 0.717) is 6.42 Å². The minimum atomic E-state index is -1.30. The van der Waals surface area contributed by atoms with Crippen molar-refractivity contribution in [3.05, 3.63) is 0 Å². The third-order valence-corrected chi connectivity index (χ3v) is 2.66. The van der Waals surface area contributed by atoms with Gasteiger partial charge in [0.2, 0.25) is 0 Å². The van der Waals surface area contributed by atoms with Gasteiger partial charge in [-0.2, -0.15) is 0 Å². The zero-order valence-electron chi connectivity index (χ0n) is 12.5. The van der Waals surface area contributed by atoms with Gasteiger partial charge in [0.1, 0.15) is 0 Å². The van der Waals surface area contributed by atoms with Crippen LogP contribution < -0.4 is 0 Å². The van der Waals surface area contributed by atoms with E-state index in [1.54, 1.807) is 20.8 Å². The van der Waals surface area contributed by atoms with Gasteiger partial charge in [0.05, 0.1) is 13.2 Å². The minimum Gasteiger partial charge on any atom is -0.465 e. The maximum atomic E-state index is 12.2. The maximum Gasteiger partial charge on any atom is 0.324 e. The number of rotatable bonds is 7. The number of esters is 2. The van der Waals surface area contributed by atoms with E-state index in [4.69, 9.17) is 9.47 Å². The van der Waals surface area contributed by atoms with Gasteiger partial charge in [-0.1, -0.05) is 13.8 Å². The molecule has 0 spiro atoms. The Balaban J connectivity index is 5.46. The number of ether oxygens (including phenoxy) is 2. The van der Waals surface area contributed by atoms with Gasteiger partial charge in [0.15, 0.2) is 5.41 Å². The van der Waals surface area contributed by atoms with E-state index in [2.05, 4.69) is 11.8 Å². The number of hydrogen-bond donors (Lipinski definition) is 0. The van der Waals surface area contributed by atoms with Crippen LogP contribution in [0.2, 0.25) is 0 Å². The molecule has 19 heavy (non-hydrogen) atoms. The van der Waals surface area contributed by atoms with Gasteiger partial charge >= 0.3 is 11.9 Å². The molecule has 0 aromatic heterocycles. The van der Waals surface area contributed by atoms with Crippen LogP contribution in [0.15, 0.2) is 0 Å². The highest BCUT2D eigenvalue weighted by molar-refractivity contribution is 6.00. The van der Waals surface area contributed by atoms with E-state index in [1.165, 1.54) is 0 Å². The van der Waals surface area contributed by atoms with Crippen molar-refractivity contribution in [3.8, 4) is 11.8 Å². The lowest BCUT2D eigenvalue weighted by Gasteiger charge is -2.28. The summed E-state index contributed by atoms with van der Waals surface area (Å²) in [5.74, 6) is 4.63. The van der Waals surface area contributed by atoms with E-state index in [9.17, 15) is 9.59 Å². The highest BCUT2D eigenvalue weighted by Gasteiger charge is 2.48. The molecule has 0 N–H and O–H groups in total. The van der Waals surface area contributed by atoms with Crippen LogP contribution in [0.3, 0.4) is 0 Å². The van der Waals surface area contributed by atoms with E-state index < -0.39 is 17.4 Å².